The van der Waals surface area contributed by atoms with Gasteiger partial charge in [-0.05, 0) is 55.5 Å². The quantitative estimate of drug-likeness (QED) is 0.504. The van der Waals surface area contributed by atoms with Gasteiger partial charge in [-0.1, -0.05) is 6.58 Å². The molecule has 26 heavy (non-hydrogen) atoms. The van der Waals surface area contributed by atoms with Crippen LogP contribution < -0.4 is 9.84 Å². The zero-order valence-electron chi connectivity index (χ0n) is 13.6. The third-order valence-electron chi connectivity index (χ3n) is 3.17. The molecule has 0 spiro atoms. The van der Waals surface area contributed by atoms with Gasteiger partial charge in [0.25, 0.3) is 5.91 Å². The van der Waals surface area contributed by atoms with Gasteiger partial charge in [-0.2, -0.15) is 0 Å². The predicted molar refractivity (Wildman–Crippen MR) is 94.5 cm³/mol. The Morgan fingerprint density at radius 2 is 1.50 bits per heavy atom. The van der Waals surface area contributed by atoms with Crippen LogP contribution in [0.1, 0.15) is 6.92 Å². The van der Waals surface area contributed by atoms with Crippen molar-refractivity contribution in [2.75, 3.05) is 5.32 Å². The Morgan fingerprint density at radius 1 is 1.04 bits per heavy atom. The number of benzene rings is 2. The number of hydrogen-bond donors (Lipinski definition) is 3. The van der Waals surface area contributed by atoms with Crippen molar-refractivity contribution in [1.82, 2.24) is 0 Å². The van der Waals surface area contributed by atoms with Gasteiger partial charge in [0.05, 0.1) is 9.79 Å². The Bertz CT molecular complexity index is 976. The van der Waals surface area contributed by atoms with E-state index in [1.54, 1.807) is 6.92 Å². The zero-order valence-corrected chi connectivity index (χ0v) is 15.3. The highest BCUT2D eigenvalue weighted by Gasteiger charge is 2.20. The van der Waals surface area contributed by atoms with E-state index in [0.717, 1.165) is 12.1 Å². The molecule has 2 rings (SSSR count). The molecule has 2 aromatic rings. The van der Waals surface area contributed by atoms with Gasteiger partial charge in [0, 0.05) is 11.3 Å². The van der Waals surface area contributed by atoms with Crippen molar-refractivity contribution >= 4 is 29.3 Å². The maximum absolute atomic E-state index is 12.6. The van der Waals surface area contributed by atoms with E-state index < -0.39 is 17.7 Å². The zero-order chi connectivity index (χ0) is 19.5. The number of amides is 1. The standard InChI is InChI=1S/C16H16NO7PS/c1-11(2)16(18)17-12-3-7-14(8-4-12)26(22,23)15-9-5-13(6-10-15)24-25(19,20)21/h3-10H,1H2,2H3,(H,17,18)(H2,19,20,21). The molecule has 0 fully saturated rings. The third-order valence-corrected chi connectivity index (χ3v) is 5.40. The van der Waals surface area contributed by atoms with Crippen molar-refractivity contribution in [3.8, 4) is 5.75 Å². The van der Waals surface area contributed by atoms with Crippen LogP contribution in [0, 0.1) is 0 Å². The molecule has 10 heteroatoms. The third kappa shape index (κ3) is 5.03. The summed E-state index contributed by atoms with van der Waals surface area (Å²) in [5.41, 5.74) is 0.738. The Balaban J connectivity index is 2.23. The average molecular weight is 397 g/mol. The van der Waals surface area contributed by atoms with Crippen LogP contribution in [0.3, 0.4) is 0 Å². The van der Waals surface area contributed by atoms with Crippen LogP contribution in [-0.2, 0) is 19.2 Å². The molecule has 0 aliphatic heterocycles. The van der Waals surface area contributed by atoms with Gasteiger partial charge >= 0.3 is 7.82 Å². The number of phosphoric ester groups is 1. The number of carbonyl (C=O) groups is 1. The maximum Gasteiger partial charge on any atom is 0.524 e. The minimum atomic E-state index is -4.72. The highest BCUT2D eigenvalue weighted by atomic mass is 32.2. The molecule has 2 aromatic carbocycles. The Morgan fingerprint density at radius 3 is 1.92 bits per heavy atom. The predicted octanol–water partition coefficient (Wildman–Crippen LogP) is 2.51. The number of phosphoric acid groups is 1. The van der Waals surface area contributed by atoms with Gasteiger partial charge in [-0.3, -0.25) is 14.6 Å². The normalized spacial score (nSPS) is 11.7. The molecule has 0 aliphatic carbocycles. The molecule has 0 aromatic heterocycles. The lowest BCUT2D eigenvalue weighted by Gasteiger charge is -2.09. The molecule has 0 unspecified atom stereocenters. The van der Waals surface area contributed by atoms with Crippen LogP contribution in [0.25, 0.3) is 0 Å². The molecular formula is C16H16NO7PS. The monoisotopic (exact) mass is 397 g/mol. The van der Waals surface area contributed by atoms with Gasteiger partial charge in [-0.25, -0.2) is 13.0 Å². The molecule has 0 aliphatic rings. The topological polar surface area (TPSA) is 130 Å². The minimum absolute atomic E-state index is 0.00511. The van der Waals surface area contributed by atoms with Crippen LogP contribution in [0.4, 0.5) is 5.69 Å². The second kappa shape index (κ2) is 7.43. The van der Waals surface area contributed by atoms with Crippen LogP contribution in [0.15, 0.2) is 70.5 Å². The van der Waals surface area contributed by atoms with Gasteiger partial charge in [0.1, 0.15) is 5.75 Å². The van der Waals surface area contributed by atoms with Crippen LogP contribution in [0.5, 0.6) is 5.75 Å². The molecule has 138 valence electrons. The molecule has 8 nitrogen and oxygen atoms in total. The van der Waals surface area contributed by atoms with E-state index >= 15 is 0 Å². The largest absolute Gasteiger partial charge is 0.524 e. The molecule has 0 saturated heterocycles. The first-order valence-electron chi connectivity index (χ1n) is 7.16. The van der Waals surface area contributed by atoms with Crippen molar-refractivity contribution in [2.45, 2.75) is 16.7 Å². The van der Waals surface area contributed by atoms with Gasteiger partial charge in [0.2, 0.25) is 9.84 Å². The van der Waals surface area contributed by atoms with Crippen LogP contribution in [-0.4, -0.2) is 24.1 Å². The first kappa shape index (κ1) is 19.9. The van der Waals surface area contributed by atoms with E-state index in [4.69, 9.17) is 9.79 Å². The summed E-state index contributed by atoms with van der Waals surface area (Å²) < 4.78 is 40.3. The Kier molecular flexibility index (Phi) is 5.68. The fourth-order valence-corrected chi connectivity index (χ4v) is 3.57. The second-order valence-electron chi connectivity index (χ2n) is 5.32. The highest BCUT2D eigenvalue weighted by molar-refractivity contribution is 7.91. The lowest BCUT2D eigenvalue weighted by atomic mass is 10.3. The summed E-state index contributed by atoms with van der Waals surface area (Å²) in [6, 6.07) is 10.2. The van der Waals surface area contributed by atoms with E-state index in [9.17, 15) is 17.8 Å². The summed E-state index contributed by atoms with van der Waals surface area (Å²) >= 11 is 0. The molecule has 1 amide bonds. The summed E-state index contributed by atoms with van der Waals surface area (Å²) in [5, 5.41) is 2.57. The number of nitrogens with one attached hydrogen (secondary N) is 1. The highest BCUT2D eigenvalue weighted by Crippen LogP contribution is 2.37. The van der Waals surface area contributed by atoms with Crippen molar-refractivity contribution in [2.24, 2.45) is 0 Å². The number of carbonyl (C=O) groups excluding carboxylic acids is 1. The second-order valence-corrected chi connectivity index (χ2v) is 8.43. The average Bonchev–Trinajstić information content (AvgIpc) is 2.54. The van der Waals surface area contributed by atoms with Crippen molar-refractivity contribution in [3.63, 3.8) is 0 Å². The molecule has 0 saturated carbocycles. The lowest BCUT2D eigenvalue weighted by molar-refractivity contribution is -0.112. The van der Waals surface area contributed by atoms with Crippen LogP contribution >= 0.6 is 7.82 Å². The number of rotatable bonds is 6. The number of hydrogen-bond acceptors (Lipinski definition) is 5. The van der Waals surface area contributed by atoms with E-state index in [1.165, 1.54) is 36.4 Å². The molecule has 0 radical (unpaired) electrons. The minimum Gasteiger partial charge on any atom is -0.404 e. The smallest absolute Gasteiger partial charge is 0.404 e. The lowest BCUT2D eigenvalue weighted by Crippen LogP contribution is -2.11. The first-order chi connectivity index (χ1) is 12.0. The Hall–Kier alpha value is -2.45. The fourth-order valence-electron chi connectivity index (χ4n) is 1.91. The SMILES string of the molecule is C=C(C)C(=O)Nc1ccc(S(=O)(=O)c2ccc(OP(=O)(O)O)cc2)cc1. The van der Waals surface area contributed by atoms with E-state index in [0.29, 0.717) is 11.3 Å². The van der Waals surface area contributed by atoms with Gasteiger partial charge in [0.15, 0.2) is 0 Å². The van der Waals surface area contributed by atoms with Crippen LogP contribution in [0.2, 0.25) is 0 Å². The molecular weight excluding hydrogens is 381 g/mol. The fraction of sp³-hybridized carbons (Fsp3) is 0.0625. The molecule has 3 N–H and O–H groups in total. The van der Waals surface area contributed by atoms with E-state index in [-0.39, 0.29) is 21.4 Å². The van der Waals surface area contributed by atoms with Crippen molar-refractivity contribution in [3.05, 3.63) is 60.7 Å². The molecule has 0 bridgehead atoms. The Labute approximate surface area is 150 Å². The number of sulfone groups is 1. The maximum atomic E-state index is 12.6. The summed E-state index contributed by atoms with van der Waals surface area (Å²) in [6.45, 7) is 5.06. The summed E-state index contributed by atoms with van der Waals surface area (Å²) in [5.74, 6) is -0.531. The first-order valence-corrected chi connectivity index (χ1v) is 10.2. The summed E-state index contributed by atoms with van der Waals surface area (Å²) in [7, 11) is -8.56. The molecule has 0 heterocycles. The summed E-state index contributed by atoms with van der Waals surface area (Å²) in [4.78, 5) is 28.9. The van der Waals surface area contributed by atoms with E-state index in [2.05, 4.69) is 16.4 Å². The van der Waals surface area contributed by atoms with Crippen molar-refractivity contribution < 1.29 is 32.1 Å². The number of anilines is 1. The summed E-state index contributed by atoms with van der Waals surface area (Å²) in [6.07, 6.45) is 0. The van der Waals surface area contributed by atoms with E-state index in [1.807, 2.05) is 0 Å². The van der Waals surface area contributed by atoms with Gasteiger partial charge < -0.3 is 9.84 Å². The van der Waals surface area contributed by atoms with Gasteiger partial charge in [-0.15, -0.1) is 0 Å². The molecule has 0 atom stereocenters. The van der Waals surface area contributed by atoms with Crippen molar-refractivity contribution in [1.29, 1.82) is 0 Å².